The molecule has 2 N–H and O–H groups in total. The molecule has 0 saturated carbocycles. The van der Waals surface area contributed by atoms with E-state index >= 15 is 0 Å². The number of hydrogen-bond acceptors (Lipinski definition) is 6. The van der Waals surface area contributed by atoms with Gasteiger partial charge in [-0.25, -0.2) is 0 Å². The SMILES string of the molecule is Cc1[nH]c(=S)sc1CC(=O)N1CCOC[C@@H]1C[C@@H](O)c1ccco1. The zero-order valence-corrected chi connectivity index (χ0v) is 15.0. The number of nitrogens with one attached hydrogen (secondary N) is 1. The highest BCUT2D eigenvalue weighted by molar-refractivity contribution is 7.73. The first-order valence-electron chi connectivity index (χ1n) is 7.82. The quantitative estimate of drug-likeness (QED) is 0.793. The van der Waals surface area contributed by atoms with E-state index < -0.39 is 6.10 Å². The number of carbonyl (C=O) groups is 1. The van der Waals surface area contributed by atoms with Gasteiger partial charge in [0.05, 0.1) is 31.9 Å². The lowest BCUT2D eigenvalue weighted by molar-refractivity contribution is -0.140. The number of rotatable bonds is 5. The fourth-order valence-electron chi connectivity index (χ4n) is 2.88. The van der Waals surface area contributed by atoms with Crippen LogP contribution in [-0.4, -0.2) is 46.7 Å². The lowest BCUT2D eigenvalue weighted by Gasteiger charge is -2.36. The van der Waals surface area contributed by atoms with E-state index in [1.807, 2.05) is 6.92 Å². The summed E-state index contributed by atoms with van der Waals surface area (Å²) in [7, 11) is 0. The van der Waals surface area contributed by atoms with E-state index in [1.165, 1.54) is 17.6 Å². The molecule has 24 heavy (non-hydrogen) atoms. The van der Waals surface area contributed by atoms with Gasteiger partial charge in [-0.15, -0.1) is 11.3 Å². The first-order chi connectivity index (χ1) is 11.5. The Balaban J connectivity index is 1.68. The van der Waals surface area contributed by atoms with Crippen LogP contribution in [0.1, 0.15) is 28.9 Å². The van der Waals surface area contributed by atoms with Crippen LogP contribution in [0.25, 0.3) is 0 Å². The summed E-state index contributed by atoms with van der Waals surface area (Å²) >= 11 is 6.57. The molecule has 0 aromatic carbocycles. The maximum Gasteiger partial charge on any atom is 0.228 e. The van der Waals surface area contributed by atoms with Crippen molar-refractivity contribution in [3.05, 3.63) is 38.7 Å². The van der Waals surface area contributed by atoms with E-state index in [0.29, 0.717) is 42.3 Å². The van der Waals surface area contributed by atoms with Gasteiger partial charge in [-0.3, -0.25) is 4.79 Å². The third kappa shape index (κ3) is 3.94. The fourth-order valence-corrected chi connectivity index (χ4v) is 4.16. The second-order valence-corrected chi connectivity index (χ2v) is 7.59. The molecular formula is C16H20N2O4S2. The van der Waals surface area contributed by atoms with Crippen molar-refractivity contribution >= 4 is 29.5 Å². The van der Waals surface area contributed by atoms with Crippen LogP contribution < -0.4 is 0 Å². The predicted molar refractivity (Wildman–Crippen MR) is 92.5 cm³/mol. The van der Waals surface area contributed by atoms with Crippen LogP contribution in [0.4, 0.5) is 0 Å². The zero-order chi connectivity index (χ0) is 17.1. The number of hydrogen-bond donors (Lipinski definition) is 2. The fraction of sp³-hybridized carbons (Fsp3) is 0.500. The number of nitrogens with zero attached hydrogens (tertiary/aromatic N) is 1. The summed E-state index contributed by atoms with van der Waals surface area (Å²) < 4.78 is 11.4. The largest absolute Gasteiger partial charge is 0.467 e. The van der Waals surface area contributed by atoms with E-state index in [0.717, 1.165) is 10.6 Å². The Hall–Kier alpha value is -1.48. The van der Waals surface area contributed by atoms with Crippen molar-refractivity contribution in [1.82, 2.24) is 9.88 Å². The number of morpholine rings is 1. The van der Waals surface area contributed by atoms with Crippen LogP contribution in [0.3, 0.4) is 0 Å². The average Bonchev–Trinajstić information content (AvgIpc) is 3.18. The maximum atomic E-state index is 12.7. The van der Waals surface area contributed by atoms with Crippen molar-refractivity contribution < 1.29 is 19.1 Å². The minimum absolute atomic E-state index is 0.0308. The number of amides is 1. The lowest BCUT2D eigenvalue weighted by Crippen LogP contribution is -2.49. The monoisotopic (exact) mass is 368 g/mol. The minimum atomic E-state index is -0.752. The molecule has 1 aliphatic heterocycles. The van der Waals surface area contributed by atoms with Gasteiger partial charge in [0, 0.05) is 23.5 Å². The molecule has 0 unspecified atom stereocenters. The molecule has 2 atom stereocenters. The molecule has 1 saturated heterocycles. The molecular weight excluding hydrogens is 348 g/mol. The topological polar surface area (TPSA) is 78.7 Å². The van der Waals surface area contributed by atoms with Crippen molar-refractivity contribution in [3.63, 3.8) is 0 Å². The third-order valence-electron chi connectivity index (χ3n) is 4.15. The molecule has 3 rings (SSSR count). The number of thiazole rings is 1. The van der Waals surface area contributed by atoms with E-state index in [-0.39, 0.29) is 11.9 Å². The standard InChI is InChI=1S/C16H20N2O4S2/c1-10-14(24-16(23)17-10)8-15(20)18-4-6-21-9-11(18)7-12(19)13-3-2-5-22-13/h2-3,5,11-12,19H,4,6-9H2,1H3,(H,17,23)/t11-,12+/m0/s1. The first-order valence-corrected chi connectivity index (χ1v) is 9.04. The lowest BCUT2D eigenvalue weighted by atomic mass is 10.0. The molecule has 0 bridgehead atoms. The van der Waals surface area contributed by atoms with Gasteiger partial charge >= 0.3 is 0 Å². The number of carbonyl (C=O) groups excluding carboxylic acids is 1. The van der Waals surface area contributed by atoms with Gasteiger partial charge in [0.25, 0.3) is 0 Å². The number of H-pyrrole nitrogens is 1. The number of aromatic amines is 1. The van der Waals surface area contributed by atoms with Gasteiger partial charge in [0.2, 0.25) is 5.91 Å². The Bertz CT molecular complexity index is 738. The van der Waals surface area contributed by atoms with E-state index in [1.54, 1.807) is 17.0 Å². The van der Waals surface area contributed by atoms with Gasteiger partial charge < -0.3 is 24.1 Å². The molecule has 0 radical (unpaired) electrons. The highest BCUT2D eigenvalue weighted by atomic mass is 32.1. The zero-order valence-electron chi connectivity index (χ0n) is 13.4. The Labute approximate surface area is 149 Å². The van der Waals surface area contributed by atoms with Gasteiger partial charge in [0.1, 0.15) is 11.9 Å². The number of aromatic nitrogens is 1. The molecule has 3 heterocycles. The first kappa shape index (κ1) is 17.3. The van der Waals surface area contributed by atoms with Crippen LogP contribution in [-0.2, 0) is 16.0 Å². The summed E-state index contributed by atoms with van der Waals surface area (Å²) in [5, 5.41) is 10.3. The highest BCUT2D eigenvalue weighted by Crippen LogP contribution is 2.24. The smallest absolute Gasteiger partial charge is 0.228 e. The predicted octanol–water partition coefficient (Wildman–Crippen LogP) is 2.60. The molecule has 8 heteroatoms. The molecule has 130 valence electrons. The van der Waals surface area contributed by atoms with Gasteiger partial charge in [-0.2, -0.15) is 0 Å². The minimum Gasteiger partial charge on any atom is -0.467 e. The average molecular weight is 368 g/mol. The summed E-state index contributed by atoms with van der Waals surface area (Å²) in [6, 6.07) is 3.30. The van der Waals surface area contributed by atoms with Gasteiger partial charge in [-0.05, 0) is 31.3 Å². The summed E-state index contributed by atoms with van der Waals surface area (Å²) in [6.07, 6.45) is 1.48. The third-order valence-corrected chi connectivity index (χ3v) is 5.49. The second kappa shape index (κ2) is 7.60. The molecule has 6 nitrogen and oxygen atoms in total. The number of furan rings is 1. The maximum absolute atomic E-state index is 12.7. The molecule has 2 aromatic heterocycles. The van der Waals surface area contributed by atoms with Gasteiger partial charge in [0.15, 0.2) is 3.95 Å². The Morgan fingerprint density at radius 2 is 2.46 bits per heavy atom. The van der Waals surface area contributed by atoms with Crippen molar-refractivity contribution in [2.24, 2.45) is 0 Å². The number of aryl methyl sites for hydroxylation is 1. The van der Waals surface area contributed by atoms with Crippen LogP contribution in [0.2, 0.25) is 0 Å². The molecule has 0 spiro atoms. The van der Waals surface area contributed by atoms with Crippen LogP contribution in [0.15, 0.2) is 22.8 Å². The highest BCUT2D eigenvalue weighted by Gasteiger charge is 2.30. The van der Waals surface area contributed by atoms with Crippen molar-refractivity contribution in [2.75, 3.05) is 19.8 Å². The Kier molecular flexibility index (Phi) is 5.50. The summed E-state index contributed by atoms with van der Waals surface area (Å²) in [6.45, 7) is 3.39. The Morgan fingerprint density at radius 3 is 3.12 bits per heavy atom. The summed E-state index contributed by atoms with van der Waals surface area (Å²) in [4.78, 5) is 18.6. The summed E-state index contributed by atoms with van der Waals surface area (Å²) in [5.41, 5.74) is 0.943. The molecule has 1 amide bonds. The van der Waals surface area contributed by atoms with Crippen LogP contribution >= 0.6 is 23.6 Å². The molecule has 0 aliphatic carbocycles. The molecule has 2 aromatic rings. The van der Waals surface area contributed by atoms with Crippen molar-refractivity contribution in [3.8, 4) is 0 Å². The normalized spacial score (nSPS) is 19.4. The number of ether oxygens (including phenoxy) is 1. The van der Waals surface area contributed by atoms with Crippen LogP contribution in [0, 0.1) is 10.9 Å². The molecule has 1 fully saturated rings. The van der Waals surface area contributed by atoms with Crippen molar-refractivity contribution in [2.45, 2.75) is 31.9 Å². The number of aliphatic hydroxyl groups is 1. The van der Waals surface area contributed by atoms with Crippen molar-refractivity contribution in [1.29, 1.82) is 0 Å². The Morgan fingerprint density at radius 1 is 1.62 bits per heavy atom. The second-order valence-electron chi connectivity index (χ2n) is 5.82. The van der Waals surface area contributed by atoms with Gasteiger partial charge in [-0.1, -0.05) is 0 Å². The van der Waals surface area contributed by atoms with Crippen LogP contribution in [0.5, 0.6) is 0 Å². The van der Waals surface area contributed by atoms with E-state index in [9.17, 15) is 9.90 Å². The summed E-state index contributed by atoms with van der Waals surface area (Å²) in [5.74, 6) is 0.538. The van der Waals surface area contributed by atoms with E-state index in [4.69, 9.17) is 21.4 Å². The molecule has 1 aliphatic rings. The number of aliphatic hydroxyl groups excluding tert-OH is 1. The van der Waals surface area contributed by atoms with E-state index in [2.05, 4.69) is 4.98 Å².